The summed E-state index contributed by atoms with van der Waals surface area (Å²) in [7, 11) is 0. The van der Waals surface area contributed by atoms with Crippen molar-refractivity contribution in [1.29, 1.82) is 0 Å². The Bertz CT molecular complexity index is 678. The number of rotatable bonds is 5. The van der Waals surface area contributed by atoms with Crippen molar-refractivity contribution in [2.24, 2.45) is 29.6 Å². The first-order chi connectivity index (χ1) is 12.1. The van der Waals surface area contributed by atoms with E-state index in [1.54, 1.807) is 6.07 Å². The number of ether oxygens (including phenoxy) is 1. The number of hydrogen-bond acceptors (Lipinski definition) is 2. The van der Waals surface area contributed by atoms with Gasteiger partial charge in [-0.3, -0.25) is 4.79 Å². The molecule has 0 atom stereocenters. The van der Waals surface area contributed by atoms with E-state index in [0.29, 0.717) is 17.6 Å². The molecule has 0 heterocycles. The highest BCUT2D eigenvalue weighted by Gasteiger charge is 2.48. The van der Waals surface area contributed by atoms with Crippen LogP contribution in [0.5, 0.6) is 5.75 Å². The van der Waals surface area contributed by atoms with Gasteiger partial charge in [-0.1, -0.05) is 0 Å². The molecule has 3 heteroatoms. The lowest BCUT2D eigenvalue weighted by molar-refractivity contribution is -0.0530. The normalized spacial score (nSPS) is 35.8. The van der Waals surface area contributed by atoms with Crippen molar-refractivity contribution in [2.45, 2.75) is 57.8 Å². The first kappa shape index (κ1) is 15.8. The Morgan fingerprint density at radius 1 is 1.08 bits per heavy atom. The van der Waals surface area contributed by atoms with Crippen LogP contribution < -0.4 is 4.74 Å². The second-order valence-corrected chi connectivity index (χ2v) is 9.11. The molecule has 2 nitrogen and oxygen atoms in total. The van der Waals surface area contributed by atoms with Gasteiger partial charge in [0.25, 0.3) is 0 Å². The van der Waals surface area contributed by atoms with Crippen LogP contribution in [0.15, 0.2) is 12.1 Å². The minimum atomic E-state index is -0.433. The van der Waals surface area contributed by atoms with Gasteiger partial charge in [-0.15, -0.1) is 0 Å². The molecular weight excluding hydrogens is 315 g/mol. The fourth-order valence-corrected chi connectivity index (χ4v) is 6.18. The first-order valence-electron chi connectivity index (χ1n) is 10.1. The molecule has 134 valence electrons. The van der Waals surface area contributed by atoms with E-state index >= 15 is 0 Å². The summed E-state index contributed by atoms with van der Waals surface area (Å²) in [5, 5.41) is 0. The molecule has 0 aromatic heterocycles. The summed E-state index contributed by atoms with van der Waals surface area (Å²) in [6.07, 6.45) is 9.24. The fraction of sp³-hybridized carbons (Fsp3) is 0.682. The van der Waals surface area contributed by atoms with Crippen molar-refractivity contribution in [1.82, 2.24) is 0 Å². The summed E-state index contributed by atoms with van der Waals surface area (Å²) in [4.78, 5) is 11.7. The molecule has 0 amide bonds. The summed E-state index contributed by atoms with van der Waals surface area (Å²) >= 11 is 0. The van der Waals surface area contributed by atoms with Gasteiger partial charge in [0.2, 0.25) is 0 Å². The van der Waals surface area contributed by atoms with Gasteiger partial charge in [-0.2, -0.15) is 0 Å². The summed E-state index contributed by atoms with van der Waals surface area (Å²) in [6, 6.07) is 3.22. The lowest BCUT2D eigenvalue weighted by atomic mass is 9.52. The molecule has 6 rings (SSSR count). The summed E-state index contributed by atoms with van der Waals surface area (Å²) in [5.74, 6) is 4.73. The maximum atomic E-state index is 14.3. The van der Waals surface area contributed by atoms with Crippen LogP contribution in [0.4, 0.5) is 4.39 Å². The number of ketones is 1. The monoisotopic (exact) mass is 342 g/mol. The maximum absolute atomic E-state index is 14.3. The van der Waals surface area contributed by atoms with E-state index < -0.39 is 5.82 Å². The molecule has 0 N–H and O–H groups in total. The summed E-state index contributed by atoms with van der Waals surface area (Å²) in [5.41, 5.74) is 1.26. The average molecular weight is 342 g/mol. The Kier molecular flexibility index (Phi) is 3.69. The van der Waals surface area contributed by atoms with E-state index in [1.165, 1.54) is 45.1 Å². The Hall–Kier alpha value is -1.38. The Balaban J connectivity index is 1.36. The van der Waals surface area contributed by atoms with Crippen molar-refractivity contribution >= 4 is 5.78 Å². The third-order valence-electron chi connectivity index (χ3n) is 7.35. The quantitative estimate of drug-likeness (QED) is 0.674. The highest BCUT2D eigenvalue weighted by molar-refractivity contribution is 5.94. The van der Waals surface area contributed by atoms with Crippen LogP contribution in [0.25, 0.3) is 0 Å². The molecule has 0 radical (unpaired) electrons. The van der Waals surface area contributed by atoms with Crippen molar-refractivity contribution in [3.8, 4) is 5.75 Å². The Morgan fingerprint density at radius 2 is 1.72 bits per heavy atom. The number of hydrogen-bond donors (Lipinski definition) is 0. The van der Waals surface area contributed by atoms with Crippen molar-refractivity contribution in [3.05, 3.63) is 29.1 Å². The van der Waals surface area contributed by atoms with Gasteiger partial charge in [-0.05, 0) is 99.0 Å². The number of carbonyl (C=O) groups is 1. The van der Waals surface area contributed by atoms with Crippen LogP contribution in [0.1, 0.15) is 73.7 Å². The van der Waals surface area contributed by atoms with E-state index in [-0.39, 0.29) is 11.3 Å². The second-order valence-electron chi connectivity index (χ2n) is 9.11. The van der Waals surface area contributed by atoms with Gasteiger partial charge < -0.3 is 4.74 Å². The SMILES string of the molecule is CC(=O)c1cc(C2CC2)c(OCC2C3CC4CC(C3)CC2C4)cc1F. The van der Waals surface area contributed by atoms with Crippen molar-refractivity contribution in [2.75, 3.05) is 6.61 Å². The van der Waals surface area contributed by atoms with E-state index in [4.69, 9.17) is 4.74 Å². The second kappa shape index (κ2) is 5.82. The molecule has 5 fully saturated rings. The molecule has 4 bridgehead atoms. The molecule has 0 unspecified atom stereocenters. The van der Waals surface area contributed by atoms with Crippen LogP contribution in [0.2, 0.25) is 0 Å². The minimum Gasteiger partial charge on any atom is -0.493 e. The summed E-state index contributed by atoms with van der Waals surface area (Å²) < 4.78 is 20.5. The predicted octanol–water partition coefficient (Wildman–Crippen LogP) is 5.36. The van der Waals surface area contributed by atoms with E-state index in [1.807, 2.05) is 0 Å². The Labute approximate surface area is 149 Å². The lowest BCUT2D eigenvalue weighted by Gasteiger charge is -2.54. The van der Waals surface area contributed by atoms with Crippen molar-refractivity contribution in [3.63, 3.8) is 0 Å². The predicted molar refractivity (Wildman–Crippen MR) is 94.4 cm³/mol. The van der Waals surface area contributed by atoms with Gasteiger partial charge in [0.15, 0.2) is 5.78 Å². The maximum Gasteiger partial charge on any atom is 0.162 e. The smallest absolute Gasteiger partial charge is 0.162 e. The van der Waals surface area contributed by atoms with Crippen LogP contribution in [-0.4, -0.2) is 12.4 Å². The van der Waals surface area contributed by atoms with E-state index in [0.717, 1.165) is 48.7 Å². The van der Waals surface area contributed by atoms with Gasteiger partial charge in [0, 0.05) is 6.07 Å². The number of Topliss-reactive ketones (excluding diaryl/α,β-unsaturated/α-hetero) is 1. The van der Waals surface area contributed by atoms with Crippen LogP contribution in [0, 0.1) is 35.4 Å². The van der Waals surface area contributed by atoms with Gasteiger partial charge in [-0.25, -0.2) is 4.39 Å². The molecular formula is C22H27FO2. The molecule has 0 spiro atoms. The standard InChI is InChI=1S/C22H27FO2/c1-12(24)18-9-19(15-2-3-15)22(10-21(18)23)25-11-20-16-5-13-4-14(7-16)8-17(20)6-13/h9-10,13-17,20H,2-8,11H2,1H3. The van der Waals surface area contributed by atoms with Crippen LogP contribution in [-0.2, 0) is 0 Å². The van der Waals surface area contributed by atoms with Crippen molar-refractivity contribution < 1.29 is 13.9 Å². The zero-order valence-corrected chi connectivity index (χ0v) is 15.0. The van der Waals surface area contributed by atoms with Gasteiger partial charge in [0.1, 0.15) is 11.6 Å². The summed E-state index contributed by atoms with van der Waals surface area (Å²) in [6.45, 7) is 2.16. The Morgan fingerprint density at radius 3 is 2.28 bits per heavy atom. The minimum absolute atomic E-state index is 0.202. The molecule has 5 aliphatic carbocycles. The van der Waals surface area contributed by atoms with E-state index in [9.17, 15) is 9.18 Å². The molecule has 0 aliphatic heterocycles. The van der Waals surface area contributed by atoms with Crippen LogP contribution >= 0.6 is 0 Å². The van der Waals surface area contributed by atoms with Crippen LogP contribution in [0.3, 0.4) is 0 Å². The molecule has 5 saturated carbocycles. The average Bonchev–Trinajstić information content (AvgIpc) is 3.38. The molecule has 1 aromatic rings. The molecule has 0 saturated heterocycles. The van der Waals surface area contributed by atoms with Gasteiger partial charge >= 0.3 is 0 Å². The number of benzene rings is 1. The van der Waals surface area contributed by atoms with E-state index in [2.05, 4.69) is 0 Å². The number of halogens is 1. The molecule has 1 aromatic carbocycles. The molecule has 25 heavy (non-hydrogen) atoms. The third kappa shape index (κ3) is 2.80. The third-order valence-corrected chi connectivity index (χ3v) is 7.35. The fourth-order valence-electron chi connectivity index (χ4n) is 6.18. The largest absolute Gasteiger partial charge is 0.493 e. The highest BCUT2D eigenvalue weighted by atomic mass is 19.1. The zero-order chi connectivity index (χ0) is 17.1. The van der Waals surface area contributed by atoms with Gasteiger partial charge in [0.05, 0.1) is 12.2 Å². The number of carbonyl (C=O) groups excluding carboxylic acids is 1. The zero-order valence-electron chi connectivity index (χ0n) is 15.0. The lowest BCUT2D eigenvalue weighted by Crippen LogP contribution is -2.47. The molecule has 5 aliphatic rings. The topological polar surface area (TPSA) is 26.3 Å². The highest BCUT2D eigenvalue weighted by Crippen LogP contribution is 2.56. The first-order valence-corrected chi connectivity index (χ1v) is 10.1.